The summed E-state index contributed by atoms with van der Waals surface area (Å²) in [5.41, 5.74) is 10.4. The van der Waals surface area contributed by atoms with Crippen LogP contribution in [0.3, 0.4) is 0 Å². The van der Waals surface area contributed by atoms with E-state index in [1.807, 2.05) is 37.4 Å². The maximum atomic E-state index is 12.0. The van der Waals surface area contributed by atoms with E-state index in [1.54, 1.807) is 6.20 Å². The van der Waals surface area contributed by atoms with Crippen molar-refractivity contribution in [3.8, 4) is 11.3 Å². The van der Waals surface area contributed by atoms with Crippen molar-refractivity contribution < 1.29 is 4.79 Å². The van der Waals surface area contributed by atoms with Gasteiger partial charge in [0.15, 0.2) is 0 Å². The third-order valence-electron chi connectivity index (χ3n) is 3.97. The average Bonchev–Trinajstić information content (AvgIpc) is 2.82. The summed E-state index contributed by atoms with van der Waals surface area (Å²) in [7, 11) is 0. The van der Waals surface area contributed by atoms with Crippen LogP contribution in [0.1, 0.15) is 41.4 Å². The van der Waals surface area contributed by atoms with E-state index < -0.39 is 0 Å². The summed E-state index contributed by atoms with van der Waals surface area (Å²) in [4.78, 5) is 16.2. The van der Waals surface area contributed by atoms with Gasteiger partial charge < -0.3 is 10.3 Å². The quantitative estimate of drug-likeness (QED) is 0.940. The van der Waals surface area contributed by atoms with Gasteiger partial charge in [-0.1, -0.05) is 12.2 Å². The predicted octanol–water partition coefficient (Wildman–Crippen LogP) is 3.02. The zero-order valence-electron chi connectivity index (χ0n) is 12.2. The molecule has 2 N–H and O–H groups in total. The Morgan fingerprint density at radius 1 is 1.43 bits per heavy atom. The molecular formula is C17H19N3O. The van der Waals surface area contributed by atoms with Crippen LogP contribution < -0.4 is 5.73 Å². The molecular weight excluding hydrogens is 262 g/mol. The van der Waals surface area contributed by atoms with Gasteiger partial charge in [0.1, 0.15) is 0 Å². The molecule has 2 aromatic heterocycles. The molecule has 3 heterocycles. The van der Waals surface area contributed by atoms with Crippen molar-refractivity contribution in [1.82, 2.24) is 9.55 Å². The molecule has 0 aromatic carbocycles. The van der Waals surface area contributed by atoms with Crippen molar-refractivity contribution in [3.63, 3.8) is 0 Å². The average molecular weight is 281 g/mol. The number of rotatable bonds is 3. The Kier molecular flexibility index (Phi) is 3.60. The summed E-state index contributed by atoms with van der Waals surface area (Å²) in [6, 6.07) is 3.95. The number of nitrogens with two attached hydrogens (primary N) is 1. The summed E-state index contributed by atoms with van der Waals surface area (Å²) in [6.07, 6.45) is 10.7. The van der Waals surface area contributed by atoms with E-state index in [0.29, 0.717) is 5.56 Å². The van der Waals surface area contributed by atoms with Gasteiger partial charge in [0.25, 0.3) is 5.91 Å². The van der Waals surface area contributed by atoms with Crippen LogP contribution in [0, 0.1) is 0 Å². The highest BCUT2D eigenvalue weighted by molar-refractivity contribution is 6.01. The van der Waals surface area contributed by atoms with Crippen molar-refractivity contribution in [1.29, 1.82) is 0 Å². The molecule has 0 atom stereocenters. The summed E-state index contributed by atoms with van der Waals surface area (Å²) >= 11 is 0. The molecule has 3 rings (SSSR count). The van der Waals surface area contributed by atoms with Crippen molar-refractivity contribution in [3.05, 3.63) is 47.4 Å². The maximum absolute atomic E-state index is 12.0. The predicted molar refractivity (Wildman–Crippen MR) is 83.8 cm³/mol. The Morgan fingerprint density at radius 3 is 2.95 bits per heavy atom. The first-order chi connectivity index (χ1) is 10.2. The lowest BCUT2D eigenvalue weighted by Crippen LogP contribution is -2.17. The number of allylic oxidation sites excluding steroid dienone is 1. The molecule has 4 heteroatoms. The summed E-state index contributed by atoms with van der Waals surface area (Å²) in [5.74, 6) is -0.344. The zero-order valence-corrected chi connectivity index (χ0v) is 12.2. The summed E-state index contributed by atoms with van der Waals surface area (Å²) < 4.78 is 2.25. The van der Waals surface area contributed by atoms with Crippen LogP contribution in [-0.4, -0.2) is 15.5 Å². The van der Waals surface area contributed by atoms with E-state index in [4.69, 9.17) is 5.73 Å². The second kappa shape index (κ2) is 5.56. The Balaban J connectivity index is 2.34. The molecule has 0 saturated carbocycles. The van der Waals surface area contributed by atoms with Gasteiger partial charge in [-0.05, 0) is 38.3 Å². The third kappa shape index (κ3) is 2.27. The Morgan fingerprint density at radius 2 is 2.29 bits per heavy atom. The Labute approximate surface area is 124 Å². The van der Waals surface area contributed by atoms with Gasteiger partial charge in [-0.2, -0.15) is 0 Å². The van der Waals surface area contributed by atoms with Crippen LogP contribution in [0.25, 0.3) is 17.3 Å². The molecule has 108 valence electrons. The second-order valence-corrected chi connectivity index (χ2v) is 5.30. The van der Waals surface area contributed by atoms with E-state index in [1.165, 1.54) is 0 Å². The van der Waals surface area contributed by atoms with Crippen LogP contribution in [-0.2, 0) is 13.0 Å². The molecule has 1 aliphatic rings. The van der Waals surface area contributed by atoms with Crippen LogP contribution in [0.5, 0.6) is 0 Å². The number of hydrogen-bond donors (Lipinski definition) is 1. The molecule has 0 spiro atoms. The molecule has 21 heavy (non-hydrogen) atoms. The molecule has 0 fully saturated rings. The van der Waals surface area contributed by atoms with Gasteiger partial charge in [0.2, 0.25) is 0 Å². The zero-order chi connectivity index (χ0) is 14.8. The number of hydrogen-bond acceptors (Lipinski definition) is 2. The van der Waals surface area contributed by atoms with E-state index in [-0.39, 0.29) is 5.91 Å². The first-order valence-corrected chi connectivity index (χ1v) is 7.32. The first kappa shape index (κ1) is 13.6. The standard InChI is InChI=1S/C17H19N3O/c1-2-6-13-15(17(18)21)14-8-3-4-10-20(14)16(13)12-7-5-9-19-11-12/h2,5-7,9,11H,3-4,8,10H2,1H3,(H2,18,21)/b6-2-. The Bertz CT molecular complexity index is 699. The van der Waals surface area contributed by atoms with Crippen LogP contribution >= 0.6 is 0 Å². The molecule has 0 radical (unpaired) electrons. The van der Waals surface area contributed by atoms with Crippen LogP contribution in [0.2, 0.25) is 0 Å². The van der Waals surface area contributed by atoms with E-state index in [0.717, 1.165) is 48.3 Å². The minimum atomic E-state index is -0.344. The maximum Gasteiger partial charge on any atom is 0.251 e. The molecule has 4 nitrogen and oxygen atoms in total. The highest BCUT2D eigenvalue weighted by Gasteiger charge is 2.26. The number of carbonyl (C=O) groups excluding carboxylic acids is 1. The second-order valence-electron chi connectivity index (χ2n) is 5.30. The largest absolute Gasteiger partial charge is 0.366 e. The van der Waals surface area contributed by atoms with Crippen molar-refractivity contribution in [2.45, 2.75) is 32.7 Å². The van der Waals surface area contributed by atoms with Crippen LogP contribution in [0.15, 0.2) is 30.6 Å². The van der Waals surface area contributed by atoms with Gasteiger partial charge in [0.05, 0.1) is 11.3 Å². The summed E-state index contributed by atoms with van der Waals surface area (Å²) in [6.45, 7) is 2.88. The van der Waals surface area contributed by atoms with Gasteiger partial charge in [-0.15, -0.1) is 0 Å². The van der Waals surface area contributed by atoms with Gasteiger partial charge >= 0.3 is 0 Å². The first-order valence-electron chi connectivity index (χ1n) is 7.32. The Hall–Kier alpha value is -2.36. The number of aromatic nitrogens is 2. The van der Waals surface area contributed by atoms with Gasteiger partial charge in [-0.3, -0.25) is 9.78 Å². The number of carbonyl (C=O) groups is 1. The SMILES string of the molecule is C/C=C\c1c(C(N)=O)c2n(c1-c1cccnc1)CCCC2. The normalized spacial score (nSPS) is 14.3. The van der Waals surface area contributed by atoms with Crippen LogP contribution in [0.4, 0.5) is 0 Å². The highest BCUT2D eigenvalue weighted by atomic mass is 16.1. The fourth-order valence-corrected chi connectivity index (χ4v) is 3.18. The lowest BCUT2D eigenvalue weighted by atomic mass is 10.0. The minimum absolute atomic E-state index is 0.344. The number of fused-ring (bicyclic) bond motifs is 1. The smallest absolute Gasteiger partial charge is 0.251 e. The van der Waals surface area contributed by atoms with Gasteiger partial charge in [-0.25, -0.2) is 0 Å². The molecule has 0 saturated heterocycles. The van der Waals surface area contributed by atoms with E-state index in [9.17, 15) is 4.79 Å². The third-order valence-corrected chi connectivity index (χ3v) is 3.97. The molecule has 1 amide bonds. The topological polar surface area (TPSA) is 60.9 Å². The number of nitrogens with zero attached hydrogens (tertiary/aromatic N) is 2. The summed E-state index contributed by atoms with van der Waals surface area (Å²) in [5, 5.41) is 0. The van der Waals surface area contributed by atoms with E-state index >= 15 is 0 Å². The molecule has 0 aliphatic carbocycles. The molecule has 1 aliphatic heterocycles. The molecule has 2 aromatic rings. The van der Waals surface area contributed by atoms with Gasteiger partial charge in [0, 0.05) is 35.8 Å². The minimum Gasteiger partial charge on any atom is -0.366 e. The fraction of sp³-hybridized carbons (Fsp3) is 0.294. The lowest BCUT2D eigenvalue weighted by molar-refractivity contribution is 0.0999. The van der Waals surface area contributed by atoms with Crippen molar-refractivity contribution in [2.75, 3.05) is 0 Å². The van der Waals surface area contributed by atoms with Crippen molar-refractivity contribution in [2.24, 2.45) is 5.73 Å². The monoisotopic (exact) mass is 281 g/mol. The number of pyridine rings is 1. The number of amides is 1. The number of primary amides is 1. The van der Waals surface area contributed by atoms with Crippen molar-refractivity contribution >= 4 is 12.0 Å². The fourth-order valence-electron chi connectivity index (χ4n) is 3.18. The van der Waals surface area contributed by atoms with E-state index in [2.05, 4.69) is 9.55 Å². The highest BCUT2D eigenvalue weighted by Crippen LogP contribution is 2.35. The molecule has 0 bridgehead atoms. The molecule has 0 unspecified atom stereocenters. The lowest BCUT2D eigenvalue weighted by Gasteiger charge is -2.18.